The molecule has 0 aromatic rings. The van der Waals surface area contributed by atoms with E-state index in [1.54, 1.807) is 6.92 Å². The average Bonchev–Trinajstić information content (AvgIpc) is 2.93. The van der Waals surface area contributed by atoms with E-state index in [4.69, 9.17) is 14.2 Å². The van der Waals surface area contributed by atoms with Crippen LogP contribution in [0.4, 0.5) is 0 Å². The highest BCUT2D eigenvalue weighted by molar-refractivity contribution is 8.93. The average molecular weight is 629 g/mol. The summed E-state index contributed by atoms with van der Waals surface area (Å²) in [5, 5.41) is 0. The fraction of sp³-hybridized carbons (Fsp3) is 0.719. The van der Waals surface area contributed by atoms with E-state index in [2.05, 4.69) is 24.5 Å². The highest BCUT2D eigenvalue weighted by atomic mass is 79.9. The van der Waals surface area contributed by atoms with E-state index < -0.39 is 17.9 Å². The van der Waals surface area contributed by atoms with Gasteiger partial charge < -0.3 is 19.1 Å². The quantitative estimate of drug-likeness (QED) is 0.0467. The number of nitrogens with zero attached hydrogens (tertiary/aromatic N) is 1. The predicted molar refractivity (Wildman–Crippen MR) is 166 cm³/mol. The molecule has 1 aliphatic rings. The predicted octanol–water partition coefficient (Wildman–Crippen LogP) is 7.79. The van der Waals surface area contributed by atoms with Crippen LogP contribution in [0, 0.1) is 0 Å². The van der Waals surface area contributed by atoms with Gasteiger partial charge in [-0.15, -0.1) is 17.0 Å². The van der Waals surface area contributed by atoms with E-state index in [0.717, 1.165) is 25.2 Å². The summed E-state index contributed by atoms with van der Waals surface area (Å²) in [4.78, 5) is 37.4. The molecule has 0 atom stereocenters. The Morgan fingerprint density at radius 2 is 1.27 bits per heavy atom. The molecule has 230 valence electrons. The number of esters is 3. The zero-order valence-electron chi connectivity index (χ0n) is 25.1. The number of carbonyl (C=O) groups excluding carboxylic acids is 3. The molecule has 1 aliphatic heterocycles. The van der Waals surface area contributed by atoms with Crippen molar-refractivity contribution in [1.29, 1.82) is 0 Å². The molecule has 0 fully saturated rings. The van der Waals surface area contributed by atoms with Crippen LogP contribution in [0.3, 0.4) is 0 Å². The Morgan fingerprint density at radius 1 is 0.775 bits per heavy atom. The van der Waals surface area contributed by atoms with Gasteiger partial charge in [0, 0.05) is 18.7 Å². The van der Waals surface area contributed by atoms with Crippen molar-refractivity contribution in [2.75, 3.05) is 32.9 Å². The largest absolute Gasteiger partial charge is 0.462 e. The van der Waals surface area contributed by atoms with Crippen LogP contribution >= 0.6 is 17.0 Å². The molecule has 40 heavy (non-hydrogen) atoms. The molecule has 0 amide bonds. The smallest absolute Gasteiger partial charge is 0.333 e. The lowest BCUT2D eigenvalue weighted by molar-refractivity contribution is -0.152. The molecule has 0 bridgehead atoms. The van der Waals surface area contributed by atoms with Gasteiger partial charge in [-0.05, 0) is 19.4 Å². The summed E-state index contributed by atoms with van der Waals surface area (Å²) in [7, 11) is 0. The minimum Gasteiger partial charge on any atom is -0.462 e. The van der Waals surface area contributed by atoms with E-state index >= 15 is 0 Å². The Kier molecular flexibility index (Phi) is 24.5. The van der Waals surface area contributed by atoms with Crippen molar-refractivity contribution in [2.45, 2.75) is 117 Å². The van der Waals surface area contributed by atoms with Crippen molar-refractivity contribution in [2.24, 2.45) is 0 Å². The first-order chi connectivity index (χ1) is 18.9. The molecule has 8 heteroatoms. The van der Waals surface area contributed by atoms with Gasteiger partial charge in [-0.1, -0.05) is 109 Å². The molecule has 7 nitrogen and oxygen atoms in total. The Hall–Kier alpha value is -2.09. The summed E-state index contributed by atoms with van der Waals surface area (Å²) in [6.45, 7) is 9.16. The molecule has 0 spiro atoms. The van der Waals surface area contributed by atoms with Gasteiger partial charge in [-0.25, -0.2) is 4.79 Å². The van der Waals surface area contributed by atoms with Crippen LogP contribution < -0.4 is 0 Å². The number of hydrogen-bond donors (Lipinski definition) is 0. The summed E-state index contributed by atoms with van der Waals surface area (Å²) >= 11 is 0. The molecule has 0 aromatic heterocycles. The fourth-order valence-corrected chi connectivity index (χ4v) is 4.38. The number of hydrogen-bond acceptors (Lipinski definition) is 7. The summed E-state index contributed by atoms with van der Waals surface area (Å²) in [5.74, 6) is -1.50. The molecule has 0 aliphatic carbocycles. The van der Waals surface area contributed by atoms with Crippen LogP contribution in [0.25, 0.3) is 0 Å². The minimum absolute atomic E-state index is 0. The van der Waals surface area contributed by atoms with Gasteiger partial charge in [0.15, 0.2) is 0 Å². The third-order valence-electron chi connectivity index (χ3n) is 6.78. The molecule has 0 radical (unpaired) electrons. The van der Waals surface area contributed by atoms with Crippen molar-refractivity contribution in [3.8, 4) is 0 Å². The second kappa shape index (κ2) is 25.8. The number of carbonyl (C=O) groups is 3. The zero-order chi connectivity index (χ0) is 28.6. The van der Waals surface area contributed by atoms with Crippen molar-refractivity contribution in [3.63, 3.8) is 0 Å². The van der Waals surface area contributed by atoms with E-state index in [-0.39, 0.29) is 55.2 Å². The van der Waals surface area contributed by atoms with Crippen molar-refractivity contribution < 1.29 is 28.6 Å². The molecular weight excluding hydrogens is 574 g/mol. The third kappa shape index (κ3) is 20.8. The second-order valence-electron chi connectivity index (χ2n) is 10.4. The lowest BCUT2D eigenvalue weighted by Crippen LogP contribution is -2.29. The van der Waals surface area contributed by atoms with Crippen molar-refractivity contribution in [1.82, 2.24) is 4.90 Å². The first kappa shape index (κ1) is 37.9. The van der Waals surface area contributed by atoms with Crippen molar-refractivity contribution in [3.05, 3.63) is 36.1 Å². The first-order valence-electron chi connectivity index (χ1n) is 15.2. The van der Waals surface area contributed by atoms with E-state index in [1.807, 2.05) is 12.2 Å². The van der Waals surface area contributed by atoms with Gasteiger partial charge >= 0.3 is 17.9 Å². The van der Waals surface area contributed by atoms with Crippen LogP contribution in [-0.2, 0) is 28.6 Å². The Balaban J connectivity index is 0.0000152. The van der Waals surface area contributed by atoms with Gasteiger partial charge in [0.05, 0.1) is 18.5 Å². The van der Waals surface area contributed by atoms with Crippen LogP contribution in [0.1, 0.15) is 117 Å². The minimum atomic E-state index is -0.530. The lowest BCUT2D eigenvalue weighted by atomic mass is 10.0. The van der Waals surface area contributed by atoms with Gasteiger partial charge in [0.1, 0.15) is 19.8 Å². The molecular formula is C32H54BrNO6. The number of halogens is 1. The van der Waals surface area contributed by atoms with Crippen LogP contribution in [-0.4, -0.2) is 55.7 Å². The van der Waals surface area contributed by atoms with Gasteiger partial charge in [0.25, 0.3) is 0 Å². The SMILES string of the molecule is Br.C=C(C)C(=O)OCCOC(=O)CCC(=O)OCC1=CC=CCN1CCCCCCCCCCCCCCCC. The summed E-state index contributed by atoms with van der Waals surface area (Å²) < 4.78 is 15.2. The van der Waals surface area contributed by atoms with Gasteiger partial charge in [-0.2, -0.15) is 0 Å². The summed E-state index contributed by atoms with van der Waals surface area (Å²) in [5.41, 5.74) is 1.27. The maximum Gasteiger partial charge on any atom is 0.333 e. The topological polar surface area (TPSA) is 82.1 Å². The fourth-order valence-electron chi connectivity index (χ4n) is 4.38. The van der Waals surface area contributed by atoms with Crippen LogP contribution in [0.5, 0.6) is 0 Å². The third-order valence-corrected chi connectivity index (χ3v) is 6.78. The molecule has 1 heterocycles. The van der Waals surface area contributed by atoms with Gasteiger partial charge in [0.2, 0.25) is 0 Å². The Morgan fingerprint density at radius 3 is 1.82 bits per heavy atom. The molecule has 0 unspecified atom stereocenters. The number of ether oxygens (including phenoxy) is 3. The molecule has 0 saturated carbocycles. The van der Waals surface area contributed by atoms with Crippen molar-refractivity contribution >= 4 is 34.9 Å². The highest BCUT2D eigenvalue weighted by Gasteiger charge is 2.14. The van der Waals surface area contributed by atoms with Gasteiger partial charge in [-0.3, -0.25) is 9.59 Å². The van der Waals surface area contributed by atoms with E-state index in [0.29, 0.717) is 0 Å². The standard InChI is InChI=1S/C32H53NO6.BrH/c1-4-5-6-7-8-9-10-11-12-13-14-15-16-18-23-33-24-19-17-20-29(33)27-39-31(35)22-21-30(34)37-25-26-38-32(36)28(2)3;/h17,19-20H,2,4-16,18,21-27H2,1,3H3;1H. The molecule has 0 aromatic carbocycles. The van der Waals surface area contributed by atoms with E-state index in [1.165, 1.54) is 83.5 Å². The normalized spacial score (nSPS) is 12.3. The second-order valence-corrected chi connectivity index (χ2v) is 10.4. The van der Waals surface area contributed by atoms with E-state index in [9.17, 15) is 14.4 Å². The van der Waals surface area contributed by atoms with Crippen LogP contribution in [0.15, 0.2) is 36.1 Å². The molecule has 0 saturated heterocycles. The summed E-state index contributed by atoms with van der Waals surface area (Å²) in [6, 6.07) is 0. The number of rotatable bonds is 24. The Labute approximate surface area is 253 Å². The highest BCUT2D eigenvalue weighted by Crippen LogP contribution is 2.15. The molecule has 1 rings (SSSR count). The lowest BCUT2D eigenvalue weighted by Gasteiger charge is -2.28. The maximum absolute atomic E-state index is 12.1. The number of allylic oxidation sites excluding steroid dienone is 2. The zero-order valence-corrected chi connectivity index (χ0v) is 26.8. The van der Waals surface area contributed by atoms with Crippen LogP contribution in [0.2, 0.25) is 0 Å². The monoisotopic (exact) mass is 627 g/mol. The Bertz CT molecular complexity index is 779. The first-order valence-corrected chi connectivity index (χ1v) is 15.2. The summed E-state index contributed by atoms with van der Waals surface area (Å²) in [6.07, 6.45) is 24.8. The maximum atomic E-state index is 12.1. The number of unbranched alkanes of at least 4 members (excludes halogenated alkanes) is 13. The molecule has 0 N–H and O–H groups in total.